The summed E-state index contributed by atoms with van der Waals surface area (Å²) >= 11 is 5.98. The van der Waals surface area contributed by atoms with Gasteiger partial charge in [0.25, 0.3) is 0 Å². The van der Waals surface area contributed by atoms with Gasteiger partial charge in [-0.2, -0.15) is 0 Å². The Labute approximate surface area is 124 Å². The third kappa shape index (κ3) is 2.63. The normalized spacial score (nSPS) is 28.2. The molecule has 0 aromatic heterocycles. The summed E-state index contributed by atoms with van der Waals surface area (Å²) < 4.78 is 4.84. The highest BCUT2D eigenvalue weighted by Gasteiger charge is 2.34. The molecule has 3 aliphatic rings. The van der Waals surface area contributed by atoms with E-state index in [4.69, 9.17) is 16.3 Å². The zero-order valence-electron chi connectivity index (χ0n) is 11.6. The zero-order chi connectivity index (χ0) is 14.1. The summed E-state index contributed by atoms with van der Waals surface area (Å²) in [6.45, 7) is 3.45. The van der Waals surface area contributed by atoms with Crippen LogP contribution in [0.25, 0.3) is 0 Å². The highest BCUT2D eigenvalue weighted by molar-refractivity contribution is 6.31. The van der Waals surface area contributed by atoms with E-state index in [1.165, 1.54) is 33.0 Å². The first-order chi connectivity index (χ1) is 9.67. The Morgan fingerprint density at radius 1 is 1.40 bits per heavy atom. The van der Waals surface area contributed by atoms with E-state index in [-0.39, 0.29) is 5.97 Å². The van der Waals surface area contributed by atoms with Crippen molar-refractivity contribution >= 4 is 23.3 Å². The Bertz CT molecular complexity index is 513. The van der Waals surface area contributed by atoms with E-state index < -0.39 is 0 Å². The Hall–Kier alpha value is -1.26. The number of nitrogens with zero attached hydrogens (tertiary/aromatic N) is 1. The van der Waals surface area contributed by atoms with E-state index in [0.717, 1.165) is 12.2 Å². The fraction of sp³-hybridized carbons (Fsp3) is 0.533. The number of halogens is 1. The SMILES string of the molecule is COC(=O)c1cc(Cl)ccc1NC1CN2CCC1CC2. The van der Waals surface area contributed by atoms with Crippen molar-refractivity contribution in [1.82, 2.24) is 4.90 Å². The Morgan fingerprint density at radius 2 is 2.15 bits per heavy atom. The van der Waals surface area contributed by atoms with Gasteiger partial charge < -0.3 is 15.0 Å². The van der Waals surface area contributed by atoms with Gasteiger partial charge in [0.05, 0.1) is 12.7 Å². The molecule has 5 heteroatoms. The first-order valence-corrected chi connectivity index (χ1v) is 7.42. The standard InChI is InChI=1S/C15H19ClN2O2/c1-20-15(19)12-8-11(16)2-3-13(12)17-14-9-18-6-4-10(14)5-7-18/h2-3,8,10,14,17H,4-7,9H2,1H3. The van der Waals surface area contributed by atoms with Gasteiger partial charge in [0.1, 0.15) is 0 Å². The molecule has 1 aromatic rings. The number of esters is 1. The second-order valence-corrected chi connectivity index (χ2v) is 6.01. The van der Waals surface area contributed by atoms with Crippen LogP contribution in [0.3, 0.4) is 0 Å². The maximum absolute atomic E-state index is 11.9. The van der Waals surface area contributed by atoms with Crippen molar-refractivity contribution in [3.05, 3.63) is 28.8 Å². The van der Waals surface area contributed by atoms with Crippen LogP contribution in [0.15, 0.2) is 18.2 Å². The number of benzene rings is 1. The number of piperidine rings is 3. The van der Waals surface area contributed by atoms with Gasteiger partial charge in [-0.1, -0.05) is 11.6 Å². The molecule has 0 saturated carbocycles. The molecular weight excluding hydrogens is 276 g/mol. The monoisotopic (exact) mass is 294 g/mol. The number of fused-ring (bicyclic) bond motifs is 3. The van der Waals surface area contributed by atoms with Crippen LogP contribution in [0.1, 0.15) is 23.2 Å². The average Bonchev–Trinajstić information content (AvgIpc) is 2.49. The Kier molecular flexibility index (Phi) is 3.85. The number of carbonyl (C=O) groups is 1. The van der Waals surface area contributed by atoms with Gasteiger partial charge in [-0.3, -0.25) is 0 Å². The minimum Gasteiger partial charge on any atom is -0.465 e. The molecule has 20 heavy (non-hydrogen) atoms. The molecule has 3 fully saturated rings. The van der Waals surface area contributed by atoms with Crippen LogP contribution >= 0.6 is 11.6 Å². The van der Waals surface area contributed by atoms with Crippen molar-refractivity contribution in [2.45, 2.75) is 18.9 Å². The van der Waals surface area contributed by atoms with Gasteiger partial charge >= 0.3 is 5.97 Å². The molecule has 1 atom stereocenters. The maximum atomic E-state index is 11.9. The van der Waals surface area contributed by atoms with Gasteiger partial charge in [0.15, 0.2) is 0 Å². The van der Waals surface area contributed by atoms with Crippen LogP contribution in [0.5, 0.6) is 0 Å². The summed E-state index contributed by atoms with van der Waals surface area (Å²) in [4.78, 5) is 14.3. The molecule has 1 aromatic carbocycles. The summed E-state index contributed by atoms with van der Waals surface area (Å²) in [7, 11) is 1.39. The van der Waals surface area contributed by atoms with E-state index in [1.54, 1.807) is 12.1 Å². The molecule has 0 spiro atoms. The van der Waals surface area contributed by atoms with Gasteiger partial charge in [-0.15, -0.1) is 0 Å². The first-order valence-electron chi connectivity index (χ1n) is 7.04. The lowest BCUT2D eigenvalue weighted by Gasteiger charge is -2.45. The lowest BCUT2D eigenvalue weighted by Crippen LogP contribution is -2.53. The zero-order valence-corrected chi connectivity index (χ0v) is 12.3. The molecule has 1 N–H and O–H groups in total. The van der Waals surface area contributed by atoms with Crippen molar-refractivity contribution in [2.75, 3.05) is 32.1 Å². The summed E-state index contributed by atoms with van der Waals surface area (Å²) in [6, 6.07) is 5.74. The number of methoxy groups -OCH3 is 1. The Morgan fingerprint density at radius 3 is 2.75 bits per heavy atom. The van der Waals surface area contributed by atoms with Gasteiger partial charge in [-0.25, -0.2) is 4.79 Å². The van der Waals surface area contributed by atoms with Gasteiger partial charge in [0, 0.05) is 23.3 Å². The second-order valence-electron chi connectivity index (χ2n) is 5.57. The molecule has 0 amide bonds. The molecule has 1 unspecified atom stereocenters. The van der Waals surface area contributed by atoms with Crippen LogP contribution in [0.4, 0.5) is 5.69 Å². The van der Waals surface area contributed by atoms with Crippen LogP contribution in [-0.4, -0.2) is 43.7 Å². The number of hydrogen-bond donors (Lipinski definition) is 1. The summed E-state index contributed by atoms with van der Waals surface area (Å²) in [5.74, 6) is 0.345. The highest BCUT2D eigenvalue weighted by atomic mass is 35.5. The topological polar surface area (TPSA) is 41.6 Å². The summed E-state index contributed by atoms with van der Waals surface area (Å²) in [5.41, 5.74) is 1.33. The number of hydrogen-bond acceptors (Lipinski definition) is 4. The number of carbonyl (C=O) groups excluding carboxylic acids is 1. The molecule has 4 rings (SSSR count). The van der Waals surface area contributed by atoms with Gasteiger partial charge in [-0.05, 0) is 50.0 Å². The molecular formula is C15H19ClN2O2. The average molecular weight is 295 g/mol. The van der Waals surface area contributed by atoms with E-state index >= 15 is 0 Å². The highest BCUT2D eigenvalue weighted by Crippen LogP contribution is 2.31. The summed E-state index contributed by atoms with van der Waals surface area (Å²) in [5, 5.41) is 4.07. The van der Waals surface area contributed by atoms with Gasteiger partial charge in [0.2, 0.25) is 0 Å². The molecule has 3 heterocycles. The molecule has 3 saturated heterocycles. The predicted octanol–water partition coefficient (Wildman–Crippen LogP) is 2.63. The van der Waals surface area contributed by atoms with E-state index in [0.29, 0.717) is 22.5 Å². The molecule has 0 aliphatic carbocycles. The fourth-order valence-corrected chi connectivity index (χ4v) is 3.42. The van der Waals surface area contributed by atoms with Crippen molar-refractivity contribution in [2.24, 2.45) is 5.92 Å². The fourth-order valence-electron chi connectivity index (χ4n) is 3.25. The third-order valence-electron chi connectivity index (χ3n) is 4.38. The van der Waals surface area contributed by atoms with Crippen LogP contribution < -0.4 is 5.32 Å². The molecule has 4 nitrogen and oxygen atoms in total. The number of nitrogens with one attached hydrogen (secondary N) is 1. The lowest BCUT2D eigenvalue weighted by molar-refractivity contribution is 0.0601. The van der Waals surface area contributed by atoms with Crippen LogP contribution in [-0.2, 0) is 4.74 Å². The van der Waals surface area contributed by atoms with Crippen molar-refractivity contribution < 1.29 is 9.53 Å². The summed E-state index contributed by atoms with van der Waals surface area (Å²) in [6.07, 6.45) is 2.47. The minimum atomic E-state index is -0.351. The number of rotatable bonds is 3. The number of anilines is 1. The Balaban J connectivity index is 1.82. The molecule has 2 bridgehead atoms. The molecule has 3 aliphatic heterocycles. The molecule has 108 valence electrons. The lowest BCUT2D eigenvalue weighted by atomic mass is 9.84. The van der Waals surface area contributed by atoms with Crippen molar-refractivity contribution in [3.8, 4) is 0 Å². The quantitative estimate of drug-likeness (QED) is 0.870. The van der Waals surface area contributed by atoms with E-state index in [9.17, 15) is 4.79 Å². The van der Waals surface area contributed by atoms with Crippen molar-refractivity contribution in [1.29, 1.82) is 0 Å². The van der Waals surface area contributed by atoms with Crippen LogP contribution in [0, 0.1) is 5.92 Å². The van der Waals surface area contributed by atoms with E-state index in [1.807, 2.05) is 6.07 Å². The third-order valence-corrected chi connectivity index (χ3v) is 4.62. The smallest absolute Gasteiger partial charge is 0.340 e. The number of ether oxygens (including phenoxy) is 1. The molecule has 0 radical (unpaired) electrons. The predicted molar refractivity (Wildman–Crippen MR) is 79.4 cm³/mol. The minimum absolute atomic E-state index is 0.351. The van der Waals surface area contributed by atoms with Crippen molar-refractivity contribution in [3.63, 3.8) is 0 Å². The first kappa shape index (κ1) is 13.7. The van der Waals surface area contributed by atoms with E-state index in [2.05, 4.69) is 10.2 Å². The maximum Gasteiger partial charge on any atom is 0.340 e. The van der Waals surface area contributed by atoms with Crippen LogP contribution in [0.2, 0.25) is 5.02 Å². The largest absolute Gasteiger partial charge is 0.465 e. The second kappa shape index (κ2) is 5.62.